The highest BCUT2D eigenvalue weighted by molar-refractivity contribution is 5.86. The van der Waals surface area contributed by atoms with Crippen molar-refractivity contribution in [2.45, 2.75) is 31.9 Å². The lowest BCUT2D eigenvalue weighted by Gasteiger charge is -2.41. The molecule has 0 radical (unpaired) electrons. The molecule has 2 heterocycles. The van der Waals surface area contributed by atoms with E-state index >= 15 is 0 Å². The van der Waals surface area contributed by atoms with Gasteiger partial charge in [-0.25, -0.2) is 0 Å². The highest BCUT2D eigenvalue weighted by Gasteiger charge is 2.42. The number of piperidine rings is 1. The number of nitrogens with zero attached hydrogens (tertiary/aromatic N) is 2. The molecule has 2 aliphatic rings. The Morgan fingerprint density at radius 3 is 2.70 bits per heavy atom. The number of likely N-dealkylation sites (tertiary alicyclic amines) is 1. The van der Waals surface area contributed by atoms with Crippen molar-refractivity contribution >= 4 is 11.8 Å². The van der Waals surface area contributed by atoms with Crippen molar-refractivity contribution in [2.75, 3.05) is 26.7 Å². The Kier molecular flexibility index (Phi) is 4.66. The molecule has 5 heteroatoms. The topological polar surface area (TPSA) is 49.9 Å². The molecule has 3 rings (SSSR count). The minimum Gasteiger partial charge on any atom is -0.356 e. The van der Waals surface area contributed by atoms with Crippen LogP contribution < -0.4 is 0 Å². The summed E-state index contributed by atoms with van der Waals surface area (Å²) < 4.78 is 5.70. The summed E-state index contributed by atoms with van der Waals surface area (Å²) in [5.74, 6) is 0.436. The van der Waals surface area contributed by atoms with Gasteiger partial charge in [-0.1, -0.05) is 37.3 Å². The summed E-state index contributed by atoms with van der Waals surface area (Å²) in [5.41, 5.74) is 0.937. The number of carbonyl (C=O) groups excluding carboxylic acids is 2. The van der Waals surface area contributed by atoms with Gasteiger partial charge in [-0.2, -0.15) is 0 Å². The van der Waals surface area contributed by atoms with E-state index in [2.05, 4.69) is 6.92 Å². The fourth-order valence-electron chi connectivity index (χ4n) is 3.54. The van der Waals surface area contributed by atoms with Gasteiger partial charge in [0.15, 0.2) is 6.10 Å². The Balaban J connectivity index is 1.86. The molecular formula is C18H24N2O3. The molecule has 3 atom stereocenters. The largest absolute Gasteiger partial charge is 0.356 e. The van der Waals surface area contributed by atoms with Crippen molar-refractivity contribution in [1.82, 2.24) is 9.80 Å². The summed E-state index contributed by atoms with van der Waals surface area (Å²) in [4.78, 5) is 28.6. The first-order valence-electron chi connectivity index (χ1n) is 8.29. The molecule has 1 aromatic carbocycles. The number of ether oxygens (including phenoxy) is 1. The van der Waals surface area contributed by atoms with Gasteiger partial charge in [-0.05, 0) is 24.3 Å². The van der Waals surface area contributed by atoms with Crippen molar-refractivity contribution in [3.63, 3.8) is 0 Å². The number of amides is 2. The number of carbonyl (C=O) groups is 2. The van der Waals surface area contributed by atoms with Crippen LogP contribution in [0.2, 0.25) is 0 Å². The smallest absolute Gasteiger partial charge is 0.254 e. The standard InChI is InChI=1S/C18H24N2O3/c1-13-7-6-10-20(11-13)18(22)17-16(14-8-4-3-5-9-14)19(2)15(21)12-23-17/h3-5,8-9,13,16-17H,6-7,10-12H2,1-2H3/t13-,16+,17-/m1/s1. The first-order valence-corrected chi connectivity index (χ1v) is 8.29. The van der Waals surface area contributed by atoms with E-state index in [9.17, 15) is 9.59 Å². The highest BCUT2D eigenvalue weighted by atomic mass is 16.5. The molecule has 0 aliphatic carbocycles. The van der Waals surface area contributed by atoms with Gasteiger partial charge in [0, 0.05) is 20.1 Å². The number of hydrogen-bond acceptors (Lipinski definition) is 3. The van der Waals surface area contributed by atoms with Gasteiger partial charge >= 0.3 is 0 Å². The molecule has 2 amide bonds. The maximum absolute atomic E-state index is 13.0. The Labute approximate surface area is 137 Å². The normalized spacial score (nSPS) is 28.8. The lowest BCUT2D eigenvalue weighted by Crippen LogP contribution is -2.55. The van der Waals surface area contributed by atoms with Crippen LogP contribution in [0.15, 0.2) is 30.3 Å². The van der Waals surface area contributed by atoms with Gasteiger partial charge in [0.1, 0.15) is 6.61 Å². The second kappa shape index (κ2) is 6.71. The second-order valence-electron chi connectivity index (χ2n) is 6.62. The molecule has 2 aliphatic heterocycles. The van der Waals surface area contributed by atoms with Gasteiger partial charge in [0.05, 0.1) is 6.04 Å². The van der Waals surface area contributed by atoms with Crippen molar-refractivity contribution in [3.05, 3.63) is 35.9 Å². The summed E-state index contributed by atoms with van der Waals surface area (Å²) in [6.07, 6.45) is 1.57. The third kappa shape index (κ3) is 3.24. The van der Waals surface area contributed by atoms with Crippen LogP contribution in [-0.4, -0.2) is 54.5 Å². The van der Waals surface area contributed by atoms with Crippen LogP contribution in [-0.2, 0) is 14.3 Å². The minimum absolute atomic E-state index is 0.00440. The van der Waals surface area contributed by atoms with E-state index in [-0.39, 0.29) is 24.5 Å². The van der Waals surface area contributed by atoms with Gasteiger partial charge in [0.2, 0.25) is 5.91 Å². The quantitative estimate of drug-likeness (QED) is 0.836. The lowest BCUT2D eigenvalue weighted by molar-refractivity contribution is -0.168. The average molecular weight is 316 g/mol. The zero-order valence-corrected chi connectivity index (χ0v) is 13.8. The maximum Gasteiger partial charge on any atom is 0.254 e. The molecule has 23 heavy (non-hydrogen) atoms. The van der Waals surface area contributed by atoms with Crippen molar-refractivity contribution in [3.8, 4) is 0 Å². The van der Waals surface area contributed by atoms with Crippen molar-refractivity contribution in [2.24, 2.45) is 5.92 Å². The molecule has 0 saturated carbocycles. The molecule has 0 unspecified atom stereocenters. The average Bonchev–Trinajstić information content (AvgIpc) is 2.57. The van der Waals surface area contributed by atoms with Crippen LogP contribution >= 0.6 is 0 Å². The number of likely N-dealkylation sites (N-methyl/N-ethyl adjacent to an activating group) is 1. The fourth-order valence-corrected chi connectivity index (χ4v) is 3.54. The summed E-state index contributed by atoms with van der Waals surface area (Å²) in [6.45, 7) is 3.70. The van der Waals surface area contributed by atoms with E-state index in [1.165, 1.54) is 0 Å². The summed E-state index contributed by atoms with van der Waals surface area (Å²) in [5, 5.41) is 0. The van der Waals surface area contributed by atoms with Gasteiger partial charge in [-0.15, -0.1) is 0 Å². The third-order valence-corrected chi connectivity index (χ3v) is 4.84. The van der Waals surface area contributed by atoms with E-state index in [0.717, 1.165) is 31.5 Å². The Morgan fingerprint density at radius 1 is 1.26 bits per heavy atom. The monoisotopic (exact) mass is 316 g/mol. The molecule has 5 nitrogen and oxygen atoms in total. The first kappa shape index (κ1) is 16.0. The van der Waals surface area contributed by atoms with Crippen LogP contribution in [0.3, 0.4) is 0 Å². The highest BCUT2D eigenvalue weighted by Crippen LogP contribution is 2.31. The fraction of sp³-hybridized carbons (Fsp3) is 0.556. The molecule has 0 bridgehead atoms. The Hall–Kier alpha value is -1.88. The number of rotatable bonds is 2. The molecular weight excluding hydrogens is 292 g/mol. The molecule has 0 N–H and O–H groups in total. The van der Waals surface area contributed by atoms with Gasteiger partial charge in [0.25, 0.3) is 5.91 Å². The van der Waals surface area contributed by atoms with E-state index in [0.29, 0.717) is 5.92 Å². The van der Waals surface area contributed by atoms with Crippen LogP contribution in [0.1, 0.15) is 31.4 Å². The number of hydrogen-bond donors (Lipinski definition) is 0. The zero-order valence-electron chi connectivity index (χ0n) is 13.8. The lowest BCUT2D eigenvalue weighted by atomic mass is 9.95. The van der Waals surface area contributed by atoms with Crippen molar-refractivity contribution in [1.29, 1.82) is 0 Å². The maximum atomic E-state index is 13.0. The second-order valence-corrected chi connectivity index (χ2v) is 6.62. The predicted molar refractivity (Wildman–Crippen MR) is 86.7 cm³/mol. The summed E-state index contributed by atoms with van der Waals surface area (Å²) >= 11 is 0. The first-order chi connectivity index (χ1) is 11.1. The molecule has 2 fully saturated rings. The molecule has 2 saturated heterocycles. The van der Waals surface area contributed by atoms with E-state index in [4.69, 9.17) is 4.74 Å². The third-order valence-electron chi connectivity index (χ3n) is 4.84. The predicted octanol–water partition coefficient (Wildman–Crippen LogP) is 1.84. The SMILES string of the molecule is C[C@@H]1CCCN(C(=O)[C@@H]2OCC(=O)N(C)[C@H]2c2ccccc2)C1. The molecule has 1 aromatic rings. The van der Waals surface area contributed by atoms with Crippen molar-refractivity contribution < 1.29 is 14.3 Å². The van der Waals surface area contributed by atoms with Gasteiger partial charge in [-0.3, -0.25) is 9.59 Å². The molecule has 124 valence electrons. The number of morpholine rings is 1. The van der Waals surface area contributed by atoms with E-state index in [1.54, 1.807) is 11.9 Å². The van der Waals surface area contributed by atoms with Crippen LogP contribution in [0, 0.1) is 5.92 Å². The zero-order chi connectivity index (χ0) is 16.4. The van der Waals surface area contributed by atoms with Crippen LogP contribution in [0.4, 0.5) is 0 Å². The number of benzene rings is 1. The minimum atomic E-state index is -0.620. The van der Waals surface area contributed by atoms with E-state index in [1.807, 2.05) is 35.2 Å². The summed E-state index contributed by atoms with van der Waals surface area (Å²) in [7, 11) is 1.75. The van der Waals surface area contributed by atoms with Crippen LogP contribution in [0.25, 0.3) is 0 Å². The van der Waals surface area contributed by atoms with E-state index < -0.39 is 6.10 Å². The van der Waals surface area contributed by atoms with Crippen LogP contribution in [0.5, 0.6) is 0 Å². The Morgan fingerprint density at radius 2 is 2.00 bits per heavy atom. The molecule has 0 spiro atoms. The Bertz CT molecular complexity index is 575. The summed E-state index contributed by atoms with van der Waals surface area (Å²) in [6, 6.07) is 9.31. The van der Waals surface area contributed by atoms with Gasteiger partial charge < -0.3 is 14.5 Å². The molecule has 0 aromatic heterocycles.